The molecular weight excluding hydrogens is 401 g/mol. The molecule has 0 amide bonds. The molecule has 0 spiro atoms. The second kappa shape index (κ2) is 8.26. The van der Waals surface area contributed by atoms with E-state index in [2.05, 4.69) is 16.9 Å². The molecule has 146 valence electrons. The number of halogens is 2. The first-order valence-electron chi connectivity index (χ1n) is 8.46. The number of rotatable bonds is 7. The van der Waals surface area contributed by atoms with E-state index in [0.29, 0.717) is 17.7 Å². The average Bonchev–Trinajstić information content (AvgIpc) is 3.08. The standard InChI is InChI=1S/C20H19ClFN3O2S/c1-3-20(15-5-4-8-24-12-15)28(26,27)25-13-14(11-23-2)9-19(25)17-7-6-16(21)10-18(17)22/h3-10,12-13,20,23H,1,11H2,2H3. The monoisotopic (exact) mass is 419 g/mol. The number of nitrogens with one attached hydrogen (secondary N) is 1. The van der Waals surface area contributed by atoms with Crippen molar-refractivity contribution in [3.63, 3.8) is 0 Å². The molecule has 0 radical (unpaired) electrons. The molecule has 2 aromatic heterocycles. The first kappa shape index (κ1) is 20.3. The highest BCUT2D eigenvalue weighted by atomic mass is 35.5. The third-order valence-electron chi connectivity index (χ3n) is 4.25. The molecule has 0 aliphatic heterocycles. The average molecular weight is 420 g/mol. The number of nitrogens with zero attached hydrogens (tertiary/aromatic N) is 2. The number of hydrogen-bond acceptors (Lipinski definition) is 4. The summed E-state index contributed by atoms with van der Waals surface area (Å²) in [5.41, 5.74) is 1.54. The lowest BCUT2D eigenvalue weighted by molar-refractivity contribution is 0.581. The summed E-state index contributed by atoms with van der Waals surface area (Å²) in [6.07, 6.45) is 5.87. The number of hydrogen-bond donors (Lipinski definition) is 1. The van der Waals surface area contributed by atoms with Gasteiger partial charge in [-0.15, -0.1) is 6.58 Å². The van der Waals surface area contributed by atoms with Crippen LogP contribution in [0.1, 0.15) is 16.4 Å². The van der Waals surface area contributed by atoms with E-state index in [1.54, 1.807) is 31.4 Å². The predicted molar refractivity (Wildman–Crippen MR) is 109 cm³/mol. The fraction of sp³-hybridized carbons (Fsp3) is 0.150. The largest absolute Gasteiger partial charge is 0.316 e. The zero-order chi connectivity index (χ0) is 20.3. The van der Waals surface area contributed by atoms with Crippen molar-refractivity contribution in [1.29, 1.82) is 0 Å². The van der Waals surface area contributed by atoms with Gasteiger partial charge in [0.2, 0.25) is 10.0 Å². The van der Waals surface area contributed by atoms with Gasteiger partial charge in [0.05, 0.1) is 5.69 Å². The summed E-state index contributed by atoms with van der Waals surface area (Å²) < 4.78 is 42.6. The van der Waals surface area contributed by atoms with E-state index in [1.807, 2.05) is 0 Å². The summed E-state index contributed by atoms with van der Waals surface area (Å²) in [6, 6.07) is 9.11. The summed E-state index contributed by atoms with van der Waals surface area (Å²) in [5, 5.41) is 2.17. The van der Waals surface area contributed by atoms with Crippen LogP contribution in [0.3, 0.4) is 0 Å². The van der Waals surface area contributed by atoms with Crippen LogP contribution in [-0.4, -0.2) is 24.4 Å². The number of aromatic nitrogens is 2. The van der Waals surface area contributed by atoms with E-state index < -0.39 is 21.1 Å². The molecule has 1 unspecified atom stereocenters. The highest BCUT2D eigenvalue weighted by Crippen LogP contribution is 2.33. The Hall–Kier alpha value is -2.48. The van der Waals surface area contributed by atoms with Crippen molar-refractivity contribution < 1.29 is 12.8 Å². The molecule has 3 rings (SSSR count). The lowest BCUT2D eigenvalue weighted by Crippen LogP contribution is -2.20. The van der Waals surface area contributed by atoms with Crippen LogP contribution >= 0.6 is 11.6 Å². The highest BCUT2D eigenvalue weighted by molar-refractivity contribution is 7.90. The number of benzene rings is 1. The van der Waals surface area contributed by atoms with Gasteiger partial charge >= 0.3 is 0 Å². The Kier molecular flexibility index (Phi) is 5.98. The van der Waals surface area contributed by atoms with E-state index >= 15 is 0 Å². The van der Waals surface area contributed by atoms with Gasteiger partial charge in [-0.1, -0.05) is 23.7 Å². The van der Waals surface area contributed by atoms with E-state index in [1.165, 1.54) is 30.6 Å². The molecule has 5 nitrogen and oxygen atoms in total. The van der Waals surface area contributed by atoms with Gasteiger partial charge < -0.3 is 5.32 Å². The Bertz CT molecular complexity index is 1100. The van der Waals surface area contributed by atoms with Crippen molar-refractivity contribution >= 4 is 21.6 Å². The highest BCUT2D eigenvalue weighted by Gasteiger charge is 2.29. The normalized spacial score (nSPS) is 12.7. The summed E-state index contributed by atoms with van der Waals surface area (Å²) in [5.74, 6) is -0.602. The molecule has 1 N–H and O–H groups in total. The van der Waals surface area contributed by atoms with Gasteiger partial charge in [-0.3, -0.25) is 4.98 Å². The van der Waals surface area contributed by atoms with Crippen molar-refractivity contribution in [3.05, 3.63) is 89.6 Å². The molecule has 2 heterocycles. The quantitative estimate of drug-likeness (QED) is 0.584. The summed E-state index contributed by atoms with van der Waals surface area (Å²) in [4.78, 5) is 3.99. The first-order chi connectivity index (χ1) is 13.4. The minimum Gasteiger partial charge on any atom is -0.316 e. The second-order valence-corrected chi connectivity index (χ2v) is 8.54. The third-order valence-corrected chi connectivity index (χ3v) is 6.44. The van der Waals surface area contributed by atoms with Crippen molar-refractivity contribution in [3.8, 4) is 11.3 Å². The predicted octanol–water partition coefficient (Wildman–Crippen LogP) is 4.17. The van der Waals surface area contributed by atoms with Gasteiger partial charge in [0, 0.05) is 35.7 Å². The fourth-order valence-corrected chi connectivity index (χ4v) is 4.84. The molecular formula is C20H19ClFN3O2S. The van der Waals surface area contributed by atoms with Crippen molar-refractivity contribution in [2.24, 2.45) is 0 Å². The molecule has 0 bridgehead atoms. The van der Waals surface area contributed by atoms with Crippen LogP contribution in [0.15, 0.2) is 67.6 Å². The third kappa shape index (κ3) is 3.87. The zero-order valence-corrected chi connectivity index (χ0v) is 16.7. The molecule has 28 heavy (non-hydrogen) atoms. The Balaban J connectivity index is 2.20. The number of pyridine rings is 1. The SMILES string of the molecule is C=CC(c1cccnc1)S(=O)(=O)n1cc(CNC)cc1-c1ccc(Cl)cc1F. The molecule has 1 aromatic carbocycles. The Labute approximate surface area is 168 Å². The van der Waals surface area contributed by atoms with Gasteiger partial charge in [-0.05, 0) is 48.5 Å². The summed E-state index contributed by atoms with van der Waals surface area (Å²) in [7, 11) is -2.23. The topological polar surface area (TPSA) is 64.0 Å². The van der Waals surface area contributed by atoms with Crippen LogP contribution in [0, 0.1) is 5.82 Å². The first-order valence-corrected chi connectivity index (χ1v) is 10.3. The molecule has 0 saturated carbocycles. The fourth-order valence-electron chi connectivity index (χ4n) is 3.00. The van der Waals surface area contributed by atoms with Crippen molar-refractivity contribution in [2.75, 3.05) is 7.05 Å². The lowest BCUT2D eigenvalue weighted by Gasteiger charge is -2.17. The van der Waals surface area contributed by atoms with Crippen LogP contribution < -0.4 is 5.32 Å². The maximum atomic E-state index is 14.6. The zero-order valence-electron chi connectivity index (χ0n) is 15.1. The minimum absolute atomic E-state index is 0.143. The molecule has 1 atom stereocenters. The van der Waals surface area contributed by atoms with Crippen LogP contribution in [0.2, 0.25) is 5.02 Å². The van der Waals surface area contributed by atoms with Gasteiger partial charge in [-0.2, -0.15) is 0 Å². The van der Waals surface area contributed by atoms with E-state index in [4.69, 9.17) is 11.6 Å². The molecule has 3 aromatic rings. The smallest absolute Gasteiger partial charge is 0.249 e. The maximum Gasteiger partial charge on any atom is 0.249 e. The van der Waals surface area contributed by atoms with Crippen LogP contribution in [-0.2, 0) is 16.6 Å². The Morgan fingerprint density at radius 1 is 1.36 bits per heavy atom. The van der Waals surface area contributed by atoms with E-state index in [0.717, 1.165) is 10.0 Å². The van der Waals surface area contributed by atoms with Gasteiger partial charge in [0.15, 0.2) is 0 Å². The van der Waals surface area contributed by atoms with Gasteiger partial charge in [0.25, 0.3) is 0 Å². The minimum atomic E-state index is -3.98. The van der Waals surface area contributed by atoms with E-state index in [-0.39, 0.29) is 16.3 Å². The van der Waals surface area contributed by atoms with Crippen LogP contribution in [0.4, 0.5) is 4.39 Å². The summed E-state index contributed by atoms with van der Waals surface area (Å²) >= 11 is 5.85. The van der Waals surface area contributed by atoms with Gasteiger partial charge in [0.1, 0.15) is 11.1 Å². The second-order valence-electron chi connectivity index (χ2n) is 6.17. The van der Waals surface area contributed by atoms with Gasteiger partial charge in [-0.25, -0.2) is 16.8 Å². The van der Waals surface area contributed by atoms with E-state index in [9.17, 15) is 12.8 Å². The Morgan fingerprint density at radius 2 is 2.14 bits per heavy atom. The maximum absolute atomic E-state index is 14.6. The molecule has 0 aliphatic rings. The Morgan fingerprint density at radius 3 is 2.75 bits per heavy atom. The van der Waals surface area contributed by atoms with Crippen molar-refractivity contribution in [2.45, 2.75) is 11.8 Å². The molecule has 0 fully saturated rings. The van der Waals surface area contributed by atoms with Crippen LogP contribution in [0.5, 0.6) is 0 Å². The lowest BCUT2D eigenvalue weighted by atomic mass is 10.1. The van der Waals surface area contributed by atoms with Crippen LogP contribution in [0.25, 0.3) is 11.3 Å². The molecule has 0 saturated heterocycles. The molecule has 8 heteroatoms. The molecule has 0 aliphatic carbocycles. The summed E-state index contributed by atoms with van der Waals surface area (Å²) in [6.45, 7) is 4.11. The van der Waals surface area contributed by atoms with Crippen molar-refractivity contribution in [1.82, 2.24) is 14.3 Å².